The Morgan fingerprint density at radius 1 is 1.10 bits per heavy atom. The molecule has 3 aromatic rings. The Morgan fingerprint density at radius 2 is 1.90 bits per heavy atom. The second-order valence-corrected chi connectivity index (χ2v) is 6.86. The van der Waals surface area contributed by atoms with Gasteiger partial charge in [-0.15, -0.1) is 11.8 Å². The van der Waals surface area contributed by atoms with Gasteiger partial charge in [-0.3, -0.25) is 0 Å². The van der Waals surface area contributed by atoms with Crippen LogP contribution < -0.4 is 0 Å². The number of hydrogen-bond donors (Lipinski definition) is 1. The topological polar surface area (TPSA) is 28.7 Å². The van der Waals surface area contributed by atoms with Crippen LogP contribution in [0.15, 0.2) is 29.2 Å². The number of hydrogen-bond acceptors (Lipinski definition) is 2. The Hall–Kier alpha value is -1.74. The van der Waals surface area contributed by atoms with Crippen molar-refractivity contribution in [2.45, 2.75) is 32.1 Å². The predicted octanol–water partition coefficient (Wildman–Crippen LogP) is 4.80. The van der Waals surface area contributed by atoms with E-state index >= 15 is 0 Å². The molecule has 0 fully saturated rings. The quantitative estimate of drug-likeness (QED) is 0.698. The highest BCUT2D eigenvalue weighted by Gasteiger charge is 2.23. The van der Waals surface area contributed by atoms with Crippen molar-refractivity contribution in [3.8, 4) is 11.4 Å². The Kier molecular flexibility index (Phi) is 2.86. The summed E-state index contributed by atoms with van der Waals surface area (Å²) in [6.45, 7) is 6.56. The third kappa shape index (κ3) is 1.84. The standard InChI is InChI=1S/C18H18N2S/c1-10-11(2)16(20-15-7-5-4-6-13(10)15)17-14-8-9-21-18(14)12(3)19-17/h4-7,19H,8-9H2,1-3H3. The van der Waals surface area contributed by atoms with Crippen molar-refractivity contribution >= 4 is 22.7 Å². The number of aromatic nitrogens is 2. The summed E-state index contributed by atoms with van der Waals surface area (Å²) < 4.78 is 0. The molecule has 1 aliphatic rings. The summed E-state index contributed by atoms with van der Waals surface area (Å²) in [5, 5.41) is 1.26. The number of H-pyrrole nitrogens is 1. The smallest absolute Gasteiger partial charge is 0.0907 e. The molecule has 21 heavy (non-hydrogen) atoms. The number of pyridine rings is 1. The van der Waals surface area contributed by atoms with Gasteiger partial charge in [0.25, 0.3) is 0 Å². The number of thioether (sulfide) groups is 1. The molecule has 3 heterocycles. The molecule has 0 saturated heterocycles. The summed E-state index contributed by atoms with van der Waals surface area (Å²) in [4.78, 5) is 9.98. The molecule has 0 saturated carbocycles. The Bertz CT molecular complexity index is 861. The van der Waals surface area contributed by atoms with Crippen LogP contribution in [0.2, 0.25) is 0 Å². The zero-order chi connectivity index (χ0) is 14.6. The molecule has 0 amide bonds. The first-order chi connectivity index (χ1) is 10.2. The van der Waals surface area contributed by atoms with Gasteiger partial charge in [0, 0.05) is 21.7 Å². The first-order valence-electron chi connectivity index (χ1n) is 7.37. The monoisotopic (exact) mass is 294 g/mol. The number of fused-ring (bicyclic) bond motifs is 2. The Balaban J connectivity index is 2.03. The predicted molar refractivity (Wildman–Crippen MR) is 90.2 cm³/mol. The van der Waals surface area contributed by atoms with Gasteiger partial charge in [0.2, 0.25) is 0 Å². The van der Waals surface area contributed by atoms with Gasteiger partial charge in [0.05, 0.1) is 16.9 Å². The summed E-state index contributed by atoms with van der Waals surface area (Å²) in [5.41, 5.74) is 8.81. The van der Waals surface area contributed by atoms with Gasteiger partial charge in [0.15, 0.2) is 0 Å². The zero-order valence-electron chi connectivity index (χ0n) is 12.6. The van der Waals surface area contributed by atoms with Crippen LogP contribution in [0.5, 0.6) is 0 Å². The van der Waals surface area contributed by atoms with E-state index < -0.39 is 0 Å². The average molecular weight is 294 g/mol. The lowest BCUT2D eigenvalue weighted by atomic mass is 9.99. The van der Waals surface area contributed by atoms with E-state index in [-0.39, 0.29) is 0 Å². The van der Waals surface area contributed by atoms with E-state index in [1.807, 2.05) is 11.8 Å². The fourth-order valence-electron chi connectivity index (χ4n) is 3.27. The summed E-state index contributed by atoms with van der Waals surface area (Å²) in [6.07, 6.45) is 1.15. The molecular weight excluding hydrogens is 276 g/mol. The first kappa shape index (κ1) is 13.0. The molecule has 4 rings (SSSR count). The number of nitrogens with one attached hydrogen (secondary N) is 1. The molecule has 1 aliphatic heterocycles. The minimum absolute atomic E-state index is 1.09. The highest BCUT2D eigenvalue weighted by molar-refractivity contribution is 7.99. The van der Waals surface area contributed by atoms with Crippen molar-refractivity contribution in [3.05, 3.63) is 46.6 Å². The van der Waals surface area contributed by atoms with Crippen LogP contribution >= 0.6 is 11.8 Å². The maximum absolute atomic E-state index is 4.96. The SMILES string of the molecule is Cc1[nH]c(-c2nc3ccccc3c(C)c2C)c2c1SCC2. The largest absolute Gasteiger partial charge is 0.356 e. The minimum atomic E-state index is 1.09. The van der Waals surface area contributed by atoms with Gasteiger partial charge in [0.1, 0.15) is 0 Å². The van der Waals surface area contributed by atoms with Gasteiger partial charge in [-0.25, -0.2) is 4.98 Å². The normalized spacial score (nSPS) is 13.9. The van der Waals surface area contributed by atoms with Gasteiger partial charge in [-0.05, 0) is 49.9 Å². The van der Waals surface area contributed by atoms with Crippen molar-refractivity contribution in [2.24, 2.45) is 0 Å². The van der Waals surface area contributed by atoms with Crippen LogP contribution in [0.3, 0.4) is 0 Å². The van der Waals surface area contributed by atoms with Crippen LogP contribution in [0.1, 0.15) is 22.4 Å². The average Bonchev–Trinajstić information content (AvgIpc) is 3.08. The van der Waals surface area contributed by atoms with Gasteiger partial charge < -0.3 is 4.98 Å². The molecular formula is C18H18N2S. The second-order valence-electron chi connectivity index (χ2n) is 5.76. The van der Waals surface area contributed by atoms with Gasteiger partial charge in [-0.1, -0.05) is 18.2 Å². The van der Waals surface area contributed by atoms with E-state index in [0.717, 1.165) is 17.6 Å². The fraction of sp³-hybridized carbons (Fsp3) is 0.278. The maximum atomic E-state index is 4.96. The van der Waals surface area contributed by atoms with Crippen molar-refractivity contribution in [3.63, 3.8) is 0 Å². The van der Waals surface area contributed by atoms with Crippen LogP contribution in [0.25, 0.3) is 22.3 Å². The number of para-hydroxylation sites is 1. The molecule has 2 nitrogen and oxygen atoms in total. The van der Waals surface area contributed by atoms with Crippen molar-refractivity contribution in [2.75, 3.05) is 5.75 Å². The van der Waals surface area contributed by atoms with Crippen molar-refractivity contribution in [1.82, 2.24) is 9.97 Å². The minimum Gasteiger partial charge on any atom is -0.356 e. The van der Waals surface area contributed by atoms with Crippen LogP contribution in [-0.4, -0.2) is 15.7 Å². The third-order valence-corrected chi connectivity index (χ3v) is 5.77. The van der Waals surface area contributed by atoms with Gasteiger partial charge in [-0.2, -0.15) is 0 Å². The number of benzene rings is 1. The van der Waals surface area contributed by atoms with E-state index in [9.17, 15) is 0 Å². The van der Waals surface area contributed by atoms with E-state index in [2.05, 4.69) is 50.0 Å². The number of aryl methyl sites for hydroxylation is 2. The van der Waals surface area contributed by atoms with Crippen LogP contribution in [0, 0.1) is 20.8 Å². The molecule has 0 atom stereocenters. The molecule has 0 bridgehead atoms. The third-order valence-electron chi connectivity index (χ3n) is 4.52. The lowest BCUT2D eigenvalue weighted by molar-refractivity contribution is 1.15. The van der Waals surface area contributed by atoms with Crippen LogP contribution in [0.4, 0.5) is 0 Å². The highest BCUT2D eigenvalue weighted by atomic mass is 32.2. The Labute approximate surface area is 129 Å². The van der Waals surface area contributed by atoms with E-state index in [1.54, 1.807) is 0 Å². The maximum Gasteiger partial charge on any atom is 0.0907 e. The highest BCUT2D eigenvalue weighted by Crippen LogP contribution is 2.41. The number of aromatic amines is 1. The zero-order valence-corrected chi connectivity index (χ0v) is 13.4. The lowest BCUT2D eigenvalue weighted by Gasteiger charge is -2.11. The molecule has 106 valence electrons. The number of nitrogens with zero attached hydrogens (tertiary/aromatic N) is 1. The Morgan fingerprint density at radius 3 is 2.76 bits per heavy atom. The molecule has 0 radical (unpaired) electrons. The summed E-state index contributed by atoms with van der Waals surface area (Å²) in [7, 11) is 0. The molecule has 0 aliphatic carbocycles. The first-order valence-corrected chi connectivity index (χ1v) is 8.36. The lowest BCUT2D eigenvalue weighted by Crippen LogP contribution is -1.97. The molecule has 0 unspecified atom stereocenters. The van der Waals surface area contributed by atoms with E-state index in [0.29, 0.717) is 0 Å². The summed E-state index contributed by atoms with van der Waals surface area (Å²) in [5.74, 6) is 1.19. The van der Waals surface area contributed by atoms with E-state index in [4.69, 9.17) is 4.98 Å². The fourth-order valence-corrected chi connectivity index (χ4v) is 4.42. The van der Waals surface area contributed by atoms with Gasteiger partial charge >= 0.3 is 0 Å². The van der Waals surface area contributed by atoms with Crippen LogP contribution in [-0.2, 0) is 6.42 Å². The molecule has 0 spiro atoms. The molecule has 1 aromatic carbocycles. The molecule has 2 aromatic heterocycles. The summed E-state index contributed by atoms with van der Waals surface area (Å²) >= 11 is 1.96. The molecule has 3 heteroatoms. The van der Waals surface area contributed by atoms with Crippen molar-refractivity contribution in [1.29, 1.82) is 0 Å². The summed E-state index contributed by atoms with van der Waals surface area (Å²) in [6, 6.07) is 8.42. The van der Waals surface area contributed by atoms with Crippen molar-refractivity contribution < 1.29 is 0 Å². The van der Waals surface area contributed by atoms with E-state index in [1.165, 1.54) is 44.1 Å². The number of rotatable bonds is 1. The second kappa shape index (κ2) is 4.63. The molecule has 1 N–H and O–H groups in total.